The van der Waals surface area contributed by atoms with Gasteiger partial charge in [-0.1, -0.05) is 11.6 Å². The highest BCUT2D eigenvalue weighted by Gasteiger charge is 1.89. The first-order chi connectivity index (χ1) is 5.33. The summed E-state index contributed by atoms with van der Waals surface area (Å²) in [4.78, 5) is 7.37. The minimum Gasteiger partial charge on any atom is -0.412 e. The number of hydrazine groups is 2. The fraction of sp³-hybridized carbons (Fsp3) is 0. The smallest absolute Gasteiger partial charge is 0.144 e. The zero-order valence-electron chi connectivity index (χ0n) is 6.57. The Morgan fingerprint density at radius 1 is 1.31 bits per heavy atom. The van der Waals surface area contributed by atoms with Crippen LogP contribution in [0.5, 0.6) is 0 Å². The Kier molecular flexibility index (Phi) is 15.8. The average molecular weight is 231 g/mol. The van der Waals surface area contributed by atoms with Gasteiger partial charge in [0.1, 0.15) is 17.3 Å². The van der Waals surface area contributed by atoms with Gasteiger partial charge in [-0.15, -0.1) is 12.4 Å². The maximum Gasteiger partial charge on any atom is 0.144 e. The molecule has 9 N–H and O–H groups in total. The quantitative estimate of drug-likeness (QED) is 0.272. The van der Waals surface area contributed by atoms with Crippen molar-refractivity contribution in [2.45, 2.75) is 0 Å². The van der Waals surface area contributed by atoms with Gasteiger partial charge in [0, 0.05) is 6.07 Å². The van der Waals surface area contributed by atoms with E-state index in [4.69, 9.17) is 17.4 Å². The summed E-state index contributed by atoms with van der Waals surface area (Å²) in [6.45, 7) is 0. The van der Waals surface area contributed by atoms with Gasteiger partial charge in [-0.2, -0.15) is 0 Å². The van der Waals surface area contributed by atoms with Crippen LogP contribution in [0, 0.1) is 0 Å². The summed E-state index contributed by atoms with van der Waals surface area (Å²) in [5, 5.41) is 0.373. The lowest BCUT2D eigenvalue weighted by Gasteiger charge is -1.94. The molecule has 13 heavy (non-hydrogen) atoms. The first kappa shape index (κ1) is 18.2. The Morgan fingerprint density at radius 3 is 2.15 bits per heavy atom. The van der Waals surface area contributed by atoms with Crippen molar-refractivity contribution in [1.29, 1.82) is 0 Å². The Labute approximate surface area is 86.3 Å². The lowest BCUT2D eigenvalue weighted by molar-refractivity contribution is 0.824. The molecule has 9 heteroatoms. The number of halogens is 2. The van der Waals surface area contributed by atoms with Crippen molar-refractivity contribution in [3.05, 3.63) is 17.5 Å². The summed E-state index contributed by atoms with van der Waals surface area (Å²) in [5.41, 5.74) is 2.33. The summed E-state index contributed by atoms with van der Waals surface area (Å²) >= 11 is 5.48. The number of nitrogens with two attached hydrogens (primary N) is 3. The number of anilines is 1. The van der Waals surface area contributed by atoms with Crippen molar-refractivity contribution in [3.63, 3.8) is 0 Å². The van der Waals surface area contributed by atoms with Crippen LogP contribution < -0.4 is 23.0 Å². The summed E-state index contributed by atoms with van der Waals surface area (Å²) in [6, 6.07) is 1.53. The maximum absolute atomic E-state index is 5.48. The second-order valence-corrected chi connectivity index (χ2v) is 1.76. The fourth-order valence-corrected chi connectivity index (χ4v) is 0.560. The van der Waals surface area contributed by atoms with Crippen LogP contribution in [0.1, 0.15) is 0 Å². The van der Waals surface area contributed by atoms with Crippen LogP contribution in [0.25, 0.3) is 0 Å². The lowest BCUT2D eigenvalue weighted by atomic mass is 10.6. The normalized spacial score (nSPS) is 6.77. The molecule has 0 spiro atoms. The fourth-order valence-electron chi connectivity index (χ4n) is 0.413. The van der Waals surface area contributed by atoms with E-state index in [-0.39, 0.29) is 17.9 Å². The number of hydrogen-bond donors (Lipinski definition) is 4. The number of aromatic nitrogens is 2. The molecule has 0 saturated heterocycles. The monoisotopic (exact) mass is 230 g/mol. The van der Waals surface area contributed by atoms with Gasteiger partial charge in [-0.05, 0) is 0 Å². The SMILES string of the molecule is Cl.NN.NNc1cc(Cl)ncn1.O. The highest BCUT2D eigenvalue weighted by Crippen LogP contribution is 2.05. The number of hydrogen-bond acceptors (Lipinski definition) is 6. The minimum atomic E-state index is 0. The zero-order chi connectivity index (χ0) is 8.69. The zero-order valence-corrected chi connectivity index (χ0v) is 8.14. The molecule has 0 atom stereocenters. The van der Waals surface area contributed by atoms with Gasteiger partial charge in [0.25, 0.3) is 0 Å². The summed E-state index contributed by atoms with van der Waals surface area (Å²) in [7, 11) is 0. The minimum absolute atomic E-state index is 0. The molecule has 0 bridgehead atoms. The van der Waals surface area contributed by atoms with E-state index in [0.717, 1.165) is 0 Å². The average Bonchev–Trinajstić information content (AvgIpc) is 2.08. The van der Waals surface area contributed by atoms with E-state index in [1.165, 1.54) is 12.4 Å². The molecule has 0 radical (unpaired) electrons. The van der Waals surface area contributed by atoms with Crippen molar-refractivity contribution in [3.8, 4) is 0 Å². The van der Waals surface area contributed by atoms with E-state index in [0.29, 0.717) is 11.0 Å². The molecule has 0 aliphatic carbocycles. The van der Waals surface area contributed by atoms with Crippen LogP contribution in [0.4, 0.5) is 5.82 Å². The highest BCUT2D eigenvalue weighted by atomic mass is 35.5. The van der Waals surface area contributed by atoms with Crippen LogP contribution in [0.2, 0.25) is 5.15 Å². The van der Waals surface area contributed by atoms with Crippen molar-refractivity contribution >= 4 is 29.8 Å². The largest absolute Gasteiger partial charge is 0.412 e. The van der Waals surface area contributed by atoms with E-state index >= 15 is 0 Å². The number of rotatable bonds is 1. The van der Waals surface area contributed by atoms with Gasteiger partial charge in [-0.25, -0.2) is 15.8 Å². The molecule has 78 valence electrons. The van der Waals surface area contributed by atoms with Crippen molar-refractivity contribution < 1.29 is 5.48 Å². The summed E-state index contributed by atoms with van der Waals surface area (Å²) in [5.74, 6) is 13.5. The molecule has 0 fully saturated rings. The number of nitrogens with one attached hydrogen (secondary N) is 1. The molecular formula is C4H12Cl2N6O. The predicted octanol–water partition coefficient (Wildman–Crippen LogP) is -1.17. The third-order valence-electron chi connectivity index (χ3n) is 0.782. The molecule has 0 aliphatic rings. The van der Waals surface area contributed by atoms with Gasteiger partial charge in [0.2, 0.25) is 0 Å². The molecule has 0 aromatic carbocycles. The molecule has 0 amide bonds. The van der Waals surface area contributed by atoms with E-state index in [1.54, 1.807) is 0 Å². The first-order valence-corrected chi connectivity index (χ1v) is 2.98. The van der Waals surface area contributed by atoms with Gasteiger partial charge >= 0.3 is 0 Å². The Balaban J connectivity index is -0.000000234. The summed E-state index contributed by atoms with van der Waals surface area (Å²) in [6.07, 6.45) is 1.33. The Morgan fingerprint density at radius 2 is 1.85 bits per heavy atom. The van der Waals surface area contributed by atoms with Crippen molar-refractivity contribution in [2.24, 2.45) is 17.5 Å². The Hall–Kier alpha value is -0.700. The second-order valence-electron chi connectivity index (χ2n) is 1.37. The predicted molar refractivity (Wildman–Crippen MR) is 54.1 cm³/mol. The van der Waals surface area contributed by atoms with E-state index in [1.807, 2.05) is 0 Å². The second kappa shape index (κ2) is 11.3. The summed E-state index contributed by atoms with van der Waals surface area (Å²) < 4.78 is 0. The number of nitrogens with zero attached hydrogens (tertiary/aromatic N) is 2. The van der Waals surface area contributed by atoms with Crippen molar-refractivity contribution in [2.75, 3.05) is 5.43 Å². The van der Waals surface area contributed by atoms with Gasteiger partial charge in [0.05, 0.1) is 0 Å². The number of nitrogen functional groups attached to an aromatic ring is 1. The Bertz CT molecular complexity index is 212. The van der Waals surface area contributed by atoms with Crippen LogP contribution in [0.15, 0.2) is 12.4 Å². The first-order valence-electron chi connectivity index (χ1n) is 2.60. The molecule has 7 nitrogen and oxygen atoms in total. The van der Waals surface area contributed by atoms with Crippen LogP contribution in [-0.2, 0) is 0 Å². The molecule has 1 rings (SSSR count). The molecule has 1 aromatic heterocycles. The molecule has 0 aliphatic heterocycles. The van der Waals surface area contributed by atoms with Crippen molar-refractivity contribution in [1.82, 2.24) is 9.97 Å². The molecule has 1 aromatic rings. The van der Waals surface area contributed by atoms with Gasteiger partial charge in [0.15, 0.2) is 0 Å². The van der Waals surface area contributed by atoms with E-state index in [9.17, 15) is 0 Å². The van der Waals surface area contributed by atoms with E-state index in [2.05, 4.69) is 27.1 Å². The highest BCUT2D eigenvalue weighted by molar-refractivity contribution is 6.29. The van der Waals surface area contributed by atoms with Gasteiger partial charge < -0.3 is 10.9 Å². The third kappa shape index (κ3) is 7.65. The maximum atomic E-state index is 5.48. The topological polar surface area (TPSA) is 147 Å². The standard InChI is InChI=1S/C4H5ClN4.ClH.H4N2.H2O/c5-3-1-4(9-6)8-2-7-3;;1-2;/h1-2H,6H2,(H,7,8,9);1H;1-2H2;1H2. The molecular weight excluding hydrogens is 219 g/mol. The molecule has 0 unspecified atom stereocenters. The van der Waals surface area contributed by atoms with Crippen LogP contribution in [-0.4, -0.2) is 15.4 Å². The van der Waals surface area contributed by atoms with Gasteiger partial charge in [-0.3, -0.25) is 11.7 Å². The van der Waals surface area contributed by atoms with E-state index < -0.39 is 0 Å². The molecule has 0 saturated carbocycles. The molecule has 1 heterocycles. The third-order valence-corrected chi connectivity index (χ3v) is 0.988. The lowest BCUT2D eigenvalue weighted by Crippen LogP contribution is -2.08. The van der Waals surface area contributed by atoms with Crippen LogP contribution >= 0.6 is 24.0 Å². The van der Waals surface area contributed by atoms with Crippen LogP contribution in [0.3, 0.4) is 0 Å².